The van der Waals surface area contributed by atoms with Crippen molar-refractivity contribution in [3.63, 3.8) is 0 Å². The largest absolute Gasteiger partial charge is 0.441 e. The third-order valence-corrected chi connectivity index (χ3v) is 3.94. The van der Waals surface area contributed by atoms with E-state index in [2.05, 4.69) is 12.2 Å². The first-order valence-electron chi connectivity index (χ1n) is 5.50. The fourth-order valence-electron chi connectivity index (χ4n) is 1.52. The van der Waals surface area contributed by atoms with Crippen molar-refractivity contribution in [2.24, 2.45) is 0 Å². The van der Waals surface area contributed by atoms with E-state index in [0.717, 1.165) is 12.8 Å². The van der Waals surface area contributed by atoms with Gasteiger partial charge in [0, 0.05) is 23.2 Å². The Labute approximate surface area is 108 Å². The van der Waals surface area contributed by atoms with Crippen LogP contribution in [0.4, 0.5) is 13.2 Å². The van der Waals surface area contributed by atoms with Gasteiger partial charge in [-0.3, -0.25) is 0 Å². The zero-order valence-corrected chi connectivity index (χ0v) is 11.2. The maximum atomic E-state index is 11.9. The second-order valence-corrected chi connectivity index (χ2v) is 5.74. The monoisotopic (exact) mass is 283 g/mol. The van der Waals surface area contributed by atoms with E-state index in [1.165, 1.54) is 4.88 Å². The van der Waals surface area contributed by atoms with Gasteiger partial charge in [0.25, 0.3) is 0 Å². The molecule has 1 rings (SSSR count). The van der Waals surface area contributed by atoms with Crippen LogP contribution in [0.1, 0.15) is 30.7 Å². The fourth-order valence-corrected chi connectivity index (χ4v) is 2.81. The van der Waals surface area contributed by atoms with Gasteiger partial charge >= 0.3 is 5.51 Å². The van der Waals surface area contributed by atoms with E-state index in [0.29, 0.717) is 6.54 Å². The number of hydrogen-bond acceptors (Lipinski definition) is 3. The molecule has 0 bridgehead atoms. The highest BCUT2D eigenvalue weighted by Crippen LogP contribution is 2.30. The molecule has 1 N–H and O–H groups in total. The van der Waals surface area contributed by atoms with Crippen LogP contribution in [0, 0.1) is 0 Å². The standard InChI is InChI=1S/C11H16F3NS2/c1-2-4-9(10-5-3-7-16-10)15-6-8-17-11(12,13)14/h3,5,7,9,15H,2,4,6,8H2,1H3. The number of nitrogens with one attached hydrogen (secondary N) is 1. The van der Waals surface area contributed by atoms with Crippen LogP contribution < -0.4 is 5.32 Å². The topological polar surface area (TPSA) is 12.0 Å². The van der Waals surface area contributed by atoms with E-state index in [1.807, 2.05) is 17.5 Å². The third kappa shape index (κ3) is 6.33. The van der Waals surface area contributed by atoms with Crippen LogP contribution in [0.15, 0.2) is 17.5 Å². The van der Waals surface area contributed by atoms with Crippen molar-refractivity contribution in [1.29, 1.82) is 0 Å². The summed E-state index contributed by atoms with van der Waals surface area (Å²) in [6.45, 7) is 2.46. The average Bonchev–Trinajstić information content (AvgIpc) is 2.74. The molecular weight excluding hydrogens is 267 g/mol. The highest BCUT2D eigenvalue weighted by atomic mass is 32.2. The number of rotatable bonds is 7. The van der Waals surface area contributed by atoms with Crippen molar-refractivity contribution in [1.82, 2.24) is 5.32 Å². The Hall–Kier alpha value is -0.200. The van der Waals surface area contributed by atoms with Crippen molar-refractivity contribution in [3.8, 4) is 0 Å². The highest BCUT2D eigenvalue weighted by Gasteiger charge is 2.27. The molecule has 1 aromatic heterocycles. The third-order valence-electron chi connectivity index (χ3n) is 2.22. The van der Waals surface area contributed by atoms with Crippen LogP contribution in [-0.2, 0) is 0 Å². The van der Waals surface area contributed by atoms with E-state index in [1.54, 1.807) is 11.3 Å². The Bertz CT molecular complexity index is 298. The molecule has 6 heteroatoms. The SMILES string of the molecule is CCCC(NCCSC(F)(F)F)c1cccs1. The molecule has 0 aliphatic heterocycles. The lowest BCUT2D eigenvalue weighted by molar-refractivity contribution is -0.0327. The number of hydrogen-bond donors (Lipinski definition) is 1. The Morgan fingerprint density at radius 2 is 2.24 bits per heavy atom. The molecule has 1 nitrogen and oxygen atoms in total. The van der Waals surface area contributed by atoms with Gasteiger partial charge in [0.1, 0.15) is 0 Å². The number of halogens is 3. The summed E-state index contributed by atoms with van der Waals surface area (Å²) in [4.78, 5) is 1.20. The molecule has 0 amide bonds. The van der Waals surface area contributed by atoms with Gasteiger partial charge in [0.2, 0.25) is 0 Å². The van der Waals surface area contributed by atoms with Gasteiger partial charge < -0.3 is 5.32 Å². The molecule has 17 heavy (non-hydrogen) atoms. The zero-order chi connectivity index (χ0) is 12.7. The van der Waals surface area contributed by atoms with Gasteiger partial charge in [-0.05, 0) is 29.6 Å². The first kappa shape index (κ1) is 14.9. The summed E-state index contributed by atoms with van der Waals surface area (Å²) in [5, 5.41) is 5.18. The fraction of sp³-hybridized carbons (Fsp3) is 0.636. The van der Waals surface area contributed by atoms with Crippen molar-refractivity contribution in [3.05, 3.63) is 22.4 Å². The Kier molecular flexibility index (Phi) is 6.37. The molecule has 0 fully saturated rings. The lowest BCUT2D eigenvalue weighted by Gasteiger charge is -2.16. The van der Waals surface area contributed by atoms with Crippen LogP contribution in [0.3, 0.4) is 0 Å². The molecule has 1 unspecified atom stereocenters. The Balaban J connectivity index is 2.31. The Morgan fingerprint density at radius 3 is 2.76 bits per heavy atom. The quantitative estimate of drug-likeness (QED) is 0.743. The summed E-state index contributed by atoms with van der Waals surface area (Å²) >= 11 is 1.67. The molecule has 0 radical (unpaired) electrons. The van der Waals surface area contributed by atoms with Crippen LogP contribution in [-0.4, -0.2) is 17.8 Å². The number of thioether (sulfide) groups is 1. The molecule has 0 aliphatic carbocycles. The van der Waals surface area contributed by atoms with E-state index in [-0.39, 0.29) is 23.6 Å². The second-order valence-electron chi connectivity index (χ2n) is 3.61. The summed E-state index contributed by atoms with van der Waals surface area (Å²) in [6.07, 6.45) is 1.97. The van der Waals surface area contributed by atoms with E-state index in [4.69, 9.17) is 0 Å². The van der Waals surface area contributed by atoms with Gasteiger partial charge in [-0.25, -0.2) is 0 Å². The zero-order valence-electron chi connectivity index (χ0n) is 9.59. The lowest BCUT2D eigenvalue weighted by Crippen LogP contribution is -2.24. The second kappa shape index (κ2) is 7.28. The highest BCUT2D eigenvalue weighted by molar-refractivity contribution is 8.00. The molecule has 0 saturated heterocycles. The molecule has 0 spiro atoms. The average molecular weight is 283 g/mol. The summed E-state index contributed by atoms with van der Waals surface area (Å²) in [5.41, 5.74) is -4.12. The Morgan fingerprint density at radius 1 is 1.47 bits per heavy atom. The minimum absolute atomic E-state index is 0.0318. The van der Waals surface area contributed by atoms with Gasteiger partial charge in [0.15, 0.2) is 0 Å². The first-order chi connectivity index (χ1) is 8.03. The van der Waals surface area contributed by atoms with Crippen LogP contribution in [0.5, 0.6) is 0 Å². The predicted octanol–water partition coefficient (Wildman–Crippen LogP) is 4.43. The normalized spacial score (nSPS) is 13.9. The molecule has 1 heterocycles. The van der Waals surface area contributed by atoms with E-state index >= 15 is 0 Å². The lowest BCUT2D eigenvalue weighted by atomic mass is 10.1. The molecule has 98 valence electrons. The molecule has 1 aromatic rings. The molecule has 0 aliphatic rings. The minimum Gasteiger partial charge on any atom is -0.308 e. The predicted molar refractivity (Wildman–Crippen MR) is 68.5 cm³/mol. The van der Waals surface area contributed by atoms with Gasteiger partial charge in [-0.15, -0.1) is 11.3 Å². The molecule has 1 atom stereocenters. The van der Waals surface area contributed by atoms with Gasteiger partial charge in [-0.2, -0.15) is 13.2 Å². The summed E-state index contributed by atoms with van der Waals surface area (Å²) < 4.78 is 35.8. The van der Waals surface area contributed by atoms with Crippen LogP contribution >= 0.6 is 23.1 Å². The van der Waals surface area contributed by atoms with Crippen molar-refractivity contribution in [2.45, 2.75) is 31.3 Å². The van der Waals surface area contributed by atoms with Gasteiger partial charge in [0.05, 0.1) is 0 Å². The minimum atomic E-state index is -4.12. The molecule has 0 saturated carbocycles. The molecular formula is C11H16F3NS2. The first-order valence-corrected chi connectivity index (χ1v) is 7.37. The van der Waals surface area contributed by atoms with E-state index in [9.17, 15) is 13.2 Å². The smallest absolute Gasteiger partial charge is 0.308 e. The molecule has 0 aromatic carbocycles. The van der Waals surface area contributed by atoms with Crippen molar-refractivity contribution >= 4 is 23.1 Å². The van der Waals surface area contributed by atoms with Crippen LogP contribution in [0.2, 0.25) is 0 Å². The maximum absolute atomic E-state index is 11.9. The van der Waals surface area contributed by atoms with Crippen molar-refractivity contribution in [2.75, 3.05) is 12.3 Å². The van der Waals surface area contributed by atoms with Gasteiger partial charge in [-0.1, -0.05) is 19.4 Å². The van der Waals surface area contributed by atoms with Crippen molar-refractivity contribution < 1.29 is 13.2 Å². The number of thiophene rings is 1. The summed E-state index contributed by atoms with van der Waals surface area (Å²) in [6, 6.07) is 4.18. The van der Waals surface area contributed by atoms with Crippen LogP contribution in [0.25, 0.3) is 0 Å². The summed E-state index contributed by atoms with van der Waals surface area (Å²) in [5.74, 6) is 0.0646. The summed E-state index contributed by atoms with van der Waals surface area (Å²) in [7, 11) is 0. The van der Waals surface area contributed by atoms with E-state index < -0.39 is 5.51 Å². The number of alkyl halides is 3. The maximum Gasteiger partial charge on any atom is 0.441 e.